The van der Waals surface area contributed by atoms with Crippen molar-refractivity contribution < 1.29 is 0 Å². The molecule has 6 aromatic carbocycles. The highest BCUT2D eigenvalue weighted by Crippen LogP contribution is 2.63. The van der Waals surface area contributed by atoms with Gasteiger partial charge in [-0.15, -0.1) is 0 Å². The summed E-state index contributed by atoms with van der Waals surface area (Å²) in [6.07, 6.45) is 0. The first-order valence-electron chi connectivity index (χ1n) is 15.3. The molecule has 0 heterocycles. The zero-order valence-electron chi connectivity index (χ0n) is 25.4. The number of aryl methyl sites for hydroxylation is 6. The van der Waals surface area contributed by atoms with Crippen LogP contribution in [0.1, 0.15) is 78.6 Å². The Balaban J connectivity index is 1.56. The van der Waals surface area contributed by atoms with Gasteiger partial charge in [0.25, 0.3) is 0 Å². The second-order valence-electron chi connectivity index (χ2n) is 12.8. The maximum atomic E-state index is 2.42. The monoisotopic (exact) mass is 540 g/mol. The van der Waals surface area contributed by atoms with Crippen molar-refractivity contribution in [1.82, 2.24) is 0 Å². The van der Waals surface area contributed by atoms with Crippen LogP contribution in [0, 0.1) is 41.5 Å². The number of fused-ring (bicyclic) bond motifs is 8. The number of allylic oxidation sites excluding steroid dienone is 1. The Bertz CT molecular complexity index is 1950. The predicted molar refractivity (Wildman–Crippen MR) is 179 cm³/mol. The third-order valence-electron chi connectivity index (χ3n) is 10.0. The third-order valence-corrected chi connectivity index (χ3v) is 10.0. The van der Waals surface area contributed by atoms with E-state index in [-0.39, 0.29) is 11.8 Å². The van der Waals surface area contributed by atoms with Crippen LogP contribution in [0.5, 0.6) is 0 Å². The lowest BCUT2D eigenvalue weighted by molar-refractivity contribution is 0.836. The molecule has 2 aliphatic carbocycles. The molecule has 0 spiro atoms. The van der Waals surface area contributed by atoms with E-state index in [1.807, 2.05) is 0 Å². The SMILES string of the molecule is Cc1cc(C)c([C@H]2C3=C(c4ccc5ccccc5c42)c2ccc4ccccc4c2[C@H]3c2c(C)cc(C)cc2C)c(C)c1. The van der Waals surface area contributed by atoms with Crippen LogP contribution >= 0.6 is 0 Å². The van der Waals surface area contributed by atoms with Crippen molar-refractivity contribution in [1.29, 1.82) is 0 Å². The number of rotatable bonds is 2. The molecule has 2 atom stereocenters. The first kappa shape index (κ1) is 25.3. The lowest BCUT2D eigenvalue weighted by Crippen LogP contribution is -2.15. The van der Waals surface area contributed by atoms with E-state index in [4.69, 9.17) is 0 Å². The number of hydrogen-bond donors (Lipinski definition) is 0. The fraction of sp³-hybridized carbons (Fsp3) is 0.190. The minimum Gasteiger partial charge on any atom is -0.0616 e. The Labute approximate surface area is 249 Å². The molecular formula is C42H36. The van der Waals surface area contributed by atoms with Gasteiger partial charge in [-0.1, -0.05) is 108 Å². The van der Waals surface area contributed by atoms with Gasteiger partial charge in [-0.25, -0.2) is 0 Å². The molecule has 204 valence electrons. The summed E-state index contributed by atoms with van der Waals surface area (Å²) >= 11 is 0. The summed E-state index contributed by atoms with van der Waals surface area (Å²) in [7, 11) is 0. The van der Waals surface area contributed by atoms with Gasteiger partial charge in [0.15, 0.2) is 0 Å². The fourth-order valence-corrected chi connectivity index (χ4v) is 8.76. The summed E-state index contributed by atoms with van der Waals surface area (Å²) in [6.45, 7) is 13.8. The molecule has 2 aliphatic rings. The standard InChI is InChI=1S/C42H36/c1-23-19-25(3)35(26(4)20-23)40-37-31-13-9-7-11-29(31)15-17-33(37)39-34-18-16-30-12-8-10-14-32(30)38(34)41(42(39)40)36-27(5)21-24(2)22-28(36)6/h7-22,40-41H,1-6H3/t40-,41-/m1/s1. The van der Waals surface area contributed by atoms with Gasteiger partial charge in [0, 0.05) is 11.8 Å². The van der Waals surface area contributed by atoms with Gasteiger partial charge in [-0.2, -0.15) is 0 Å². The minimum atomic E-state index is 0.193. The summed E-state index contributed by atoms with van der Waals surface area (Å²) in [5, 5.41) is 5.41. The molecule has 0 amide bonds. The Hall–Kier alpha value is -4.42. The van der Waals surface area contributed by atoms with Gasteiger partial charge in [0.1, 0.15) is 0 Å². The summed E-state index contributed by atoms with van der Waals surface area (Å²) in [5.41, 5.74) is 20.0. The predicted octanol–water partition coefficient (Wildman–Crippen LogP) is 10.9. The highest BCUT2D eigenvalue weighted by atomic mass is 14.5. The maximum absolute atomic E-state index is 2.42. The zero-order valence-corrected chi connectivity index (χ0v) is 25.4. The van der Waals surface area contributed by atoms with Gasteiger partial charge in [0.2, 0.25) is 0 Å². The van der Waals surface area contributed by atoms with E-state index in [0.717, 1.165) is 0 Å². The third kappa shape index (κ3) is 3.42. The second kappa shape index (κ2) is 9.04. The van der Waals surface area contributed by atoms with Crippen LogP contribution in [0.15, 0.2) is 103 Å². The lowest BCUT2D eigenvalue weighted by atomic mass is 9.72. The fourth-order valence-electron chi connectivity index (χ4n) is 8.76. The molecular weight excluding hydrogens is 504 g/mol. The Morgan fingerprint density at radius 2 is 0.786 bits per heavy atom. The van der Waals surface area contributed by atoms with Crippen LogP contribution in [0.25, 0.3) is 27.1 Å². The van der Waals surface area contributed by atoms with E-state index < -0.39 is 0 Å². The van der Waals surface area contributed by atoms with Crippen molar-refractivity contribution in [2.24, 2.45) is 0 Å². The van der Waals surface area contributed by atoms with Crippen molar-refractivity contribution in [2.75, 3.05) is 0 Å². The summed E-state index contributed by atoms with van der Waals surface area (Å²) in [5.74, 6) is 0.385. The summed E-state index contributed by atoms with van der Waals surface area (Å²) < 4.78 is 0. The van der Waals surface area contributed by atoms with Gasteiger partial charge in [-0.3, -0.25) is 0 Å². The normalized spacial score (nSPS) is 17.2. The molecule has 0 aromatic heterocycles. The van der Waals surface area contributed by atoms with Gasteiger partial charge in [0.05, 0.1) is 0 Å². The van der Waals surface area contributed by atoms with Crippen molar-refractivity contribution in [3.8, 4) is 0 Å². The molecule has 0 unspecified atom stereocenters. The molecule has 0 saturated heterocycles. The molecule has 6 aromatic rings. The lowest BCUT2D eigenvalue weighted by Gasteiger charge is -2.30. The summed E-state index contributed by atoms with van der Waals surface area (Å²) in [4.78, 5) is 0. The average molecular weight is 541 g/mol. The van der Waals surface area contributed by atoms with Gasteiger partial charge < -0.3 is 0 Å². The van der Waals surface area contributed by atoms with Gasteiger partial charge >= 0.3 is 0 Å². The summed E-state index contributed by atoms with van der Waals surface area (Å²) in [6, 6.07) is 37.1. The largest absolute Gasteiger partial charge is 0.0616 e. The van der Waals surface area contributed by atoms with E-state index in [1.54, 1.807) is 5.57 Å². The molecule has 0 N–H and O–H groups in total. The highest BCUT2D eigenvalue weighted by Gasteiger charge is 2.46. The molecule has 42 heavy (non-hydrogen) atoms. The van der Waals surface area contributed by atoms with E-state index in [2.05, 4.69) is 139 Å². The molecule has 8 rings (SSSR count). The van der Waals surface area contributed by atoms with Crippen LogP contribution < -0.4 is 0 Å². The molecule has 0 nitrogen and oxygen atoms in total. The minimum absolute atomic E-state index is 0.193. The molecule has 0 fully saturated rings. The van der Waals surface area contributed by atoms with Crippen LogP contribution in [-0.4, -0.2) is 0 Å². The van der Waals surface area contributed by atoms with E-state index >= 15 is 0 Å². The molecule has 0 radical (unpaired) electrons. The quantitative estimate of drug-likeness (QED) is 0.205. The van der Waals surface area contributed by atoms with Crippen LogP contribution in [-0.2, 0) is 0 Å². The maximum Gasteiger partial charge on any atom is 0.0335 e. The van der Waals surface area contributed by atoms with E-state index in [1.165, 1.54) is 93.9 Å². The van der Waals surface area contributed by atoms with Gasteiger partial charge in [-0.05, 0) is 130 Å². The first-order chi connectivity index (χ1) is 20.3. The topological polar surface area (TPSA) is 0 Å². The number of benzene rings is 6. The van der Waals surface area contributed by atoms with Crippen molar-refractivity contribution in [3.63, 3.8) is 0 Å². The van der Waals surface area contributed by atoms with Crippen molar-refractivity contribution >= 4 is 27.1 Å². The first-order valence-corrected chi connectivity index (χ1v) is 15.3. The highest BCUT2D eigenvalue weighted by molar-refractivity contribution is 6.06. The van der Waals surface area contributed by atoms with Crippen molar-refractivity contribution in [2.45, 2.75) is 53.4 Å². The van der Waals surface area contributed by atoms with E-state index in [9.17, 15) is 0 Å². The zero-order chi connectivity index (χ0) is 28.9. The second-order valence-corrected chi connectivity index (χ2v) is 12.8. The molecule has 0 bridgehead atoms. The van der Waals surface area contributed by atoms with Crippen molar-refractivity contribution in [3.05, 3.63) is 169 Å². The average Bonchev–Trinajstić information content (AvgIpc) is 3.46. The Kier molecular flexibility index (Phi) is 5.44. The molecule has 0 saturated carbocycles. The van der Waals surface area contributed by atoms with Crippen LogP contribution in [0.2, 0.25) is 0 Å². The van der Waals surface area contributed by atoms with Crippen LogP contribution in [0.4, 0.5) is 0 Å². The number of hydrogen-bond acceptors (Lipinski definition) is 0. The Morgan fingerprint density at radius 1 is 0.405 bits per heavy atom. The molecule has 0 aliphatic heterocycles. The molecule has 0 heteroatoms. The smallest absolute Gasteiger partial charge is 0.0335 e. The van der Waals surface area contributed by atoms with E-state index in [0.29, 0.717) is 0 Å². The Morgan fingerprint density at radius 3 is 1.19 bits per heavy atom. The van der Waals surface area contributed by atoms with Crippen LogP contribution in [0.3, 0.4) is 0 Å².